The van der Waals surface area contributed by atoms with Gasteiger partial charge in [-0.3, -0.25) is 24.5 Å². The standard InChI is InChI=1S/C18H20F2N2O6/c1-9-6-15(23)11(12(9)8-22(26)27)7-16(24)28-10(2)18(25)21-17-13(19)4-3-5-14(17)20/h3-5,9-12H,6-8H2,1-2H3,(H,21,25)/t9-,10+,11-,12-/m1/s1. The number of hydrogen-bond donors (Lipinski definition) is 1. The number of benzene rings is 1. The molecule has 8 nitrogen and oxygen atoms in total. The quantitative estimate of drug-likeness (QED) is 0.428. The van der Waals surface area contributed by atoms with Crippen LogP contribution in [0, 0.1) is 39.5 Å². The summed E-state index contributed by atoms with van der Waals surface area (Å²) in [6, 6.07) is 3.04. The molecule has 1 amide bonds. The van der Waals surface area contributed by atoms with Gasteiger partial charge >= 0.3 is 5.97 Å². The summed E-state index contributed by atoms with van der Waals surface area (Å²) in [7, 11) is 0. The zero-order valence-electron chi connectivity index (χ0n) is 15.3. The van der Waals surface area contributed by atoms with Crippen molar-refractivity contribution in [2.45, 2.75) is 32.8 Å². The van der Waals surface area contributed by atoms with Crippen LogP contribution in [0.2, 0.25) is 0 Å². The summed E-state index contributed by atoms with van der Waals surface area (Å²) in [5.74, 6) is -5.76. The van der Waals surface area contributed by atoms with E-state index in [4.69, 9.17) is 4.74 Å². The van der Waals surface area contributed by atoms with E-state index in [1.807, 2.05) is 5.32 Å². The normalized spacial score (nSPS) is 22.6. The number of esters is 1. The molecule has 0 spiro atoms. The van der Waals surface area contributed by atoms with Gasteiger partial charge < -0.3 is 10.1 Å². The maximum atomic E-state index is 13.6. The molecule has 0 unspecified atom stereocenters. The number of para-hydroxylation sites is 1. The van der Waals surface area contributed by atoms with Crippen LogP contribution < -0.4 is 5.32 Å². The predicted molar refractivity (Wildman–Crippen MR) is 92.8 cm³/mol. The first-order valence-electron chi connectivity index (χ1n) is 8.69. The Morgan fingerprint density at radius 3 is 2.54 bits per heavy atom. The van der Waals surface area contributed by atoms with E-state index in [1.54, 1.807) is 6.92 Å². The first-order valence-corrected chi connectivity index (χ1v) is 8.69. The van der Waals surface area contributed by atoms with Gasteiger partial charge in [-0.1, -0.05) is 13.0 Å². The summed E-state index contributed by atoms with van der Waals surface area (Å²) in [5.41, 5.74) is -0.666. The molecule has 0 heterocycles. The van der Waals surface area contributed by atoms with Crippen molar-refractivity contribution in [1.82, 2.24) is 0 Å². The van der Waals surface area contributed by atoms with E-state index >= 15 is 0 Å². The predicted octanol–water partition coefficient (Wildman–Crippen LogP) is 2.34. The van der Waals surface area contributed by atoms with Crippen LogP contribution in [0.5, 0.6) is 0 Å². The van der Waals surface area contributed by atoms with Gasteiger partial charge in [0.1, 0.15) is 23.1 Å². The fraction of sp³-hybridized carbons (Fsp3) is 0.500. The number of anilines is 1. The third kappa shape index (κ3) is 5.08. The Kier molecular flexibility index (Phi) is 6.76. The monoisotopic (exact) mass is 398 g/mol. The van der Waals surface area contributed by atoms with Gasteiger partial charge in [-0.25, -0.2) is 8.78 Å². The third-order valence-corrected chi connectivity index (χ3v) is 4.82. The molecule has 1 fully saturated rings. The van der Waals surface area contributed by atoms with Gasteiger partial charge in [0, 0.05) is 23.2 Å². The number of amides is 1. The van der Waals surface area contributed by atoms with E-state index in [0.717, 1.165) is 18.2 Å². The second-order valence-corrected chi connectivity index (χ2v) is 6.86. The summed E-state index contributed by atoms with van der Waals surface area (Å²) >= 11 is 0. The van der Waals surface area contributed by atoms with Gasteiger partial charge in [0.15, 0.2) is 6.10 Å². The van der Waals surface area contributed by atoms with Crippen molar-refractivity contribution in [2.75, 3.05) is 11.9 Å². The molecule has 0 bridgehead atoms. The minimum atomic E-state index is -1.38. The number of nitro groups is 1. The number of ether oxygens (including phenoxy) is 1. The second kappa shape index (κ2) is 8.85. The van der Waals surface area contributed by atoms with Crippen molar-refractivity contribution >= 4 is 23.3 Å². The van der Waals surface area contributed by atoms with Crippen LogP contribution >= 0.6 is 0 Å². The van der Waals surface area contributed by atoms with Gasteiger partial charge in [-0.05, 0) is 25.0 Å². The van der Waals surface area contributed by atoms with Crippen LogP contribution in [0.25, 0.3) is 0 Å². The molecule has 1 N–H and O–H groups in total. The molecule has 0 aliphatic heterocycles. The fourth-order valence-electron chi connectivity index (χ4n) is 3.32. The first-order chi connectivity index (χ1) is 13.1. The molecule has 1 saturated carbocycles. The van der Waals surface area contributed by atoms with Crippen LogP contribution in [0.1, 0.15) is 26.7 Å². The molecule has 1 aromatic carbocycles. The highest BCUT2D eigenvalue weighted by molar-refractivity contribution is 5.95. The number of nitrogens with zero attached hydrogens (tertiary/aromatic N) is 1. The number of carbonyl (C=O) groups excluding carboxylic acids is 3. The molecule has 1 aliphatic rings. The Balaban J connectivity index is 1.97. The highest BCUT2D eigenvalue weighted by Crippen LogP contribution is 2.36. The van der Waals surface area contributed by atoms with E-state index in [0.29, 0.717) is 0 Å². The third-order valence-electron chi connectivity index (χ3n) is 4.82. The van der Waals surface area contributed by atoms with Crippen molar-refractivity contribution in [2.24, 2.45) is 17.8 Å². The van der Waals surface area contributed by atoms with Crippen molar-refractivity contribution in [3.63, 3.8) is 0 Å². The first kappa shape index (κ1) is 21.4. The number of ketones is 1. The fourth-order valence-corrected chi connectivity index (χ4v) is 3.32. The maximum Gasteiger partial charge on any atom is 0.307 e. The highest BCUT2D eigenvalue weighted by Gasteiger charge is 2.44. The molecule has 2 rings (SSSR count). The van der Waals surface area contributed by atoms with E-state index in [2.05, 4.69) is 0 Å². The van der Waals surface area contributed by atoms with Crippen LogP contribution in [0.3, 0.4) is 0 Å². The van der Waals surface area contributed by atoms with Gasteiger partial charge in [0.05, 0.1) is 6.42 Å². The average Bonchev–Trinajstić information content (AvgIpc) is 2.84. The van der Waals surface area contributed by atoms with E-state index in [1.165, 1.54) is 6.92 Å². The summed E-state index contributed by atoms with van der Waals surface area (Å²) in [6.45, 7) is 2.48. The summed E-state index contributed by atoms with van der Waals surface area (Å²) in [6.07, 6.45) is -1.64. The summed E-state index contributed by atoms with van der Waals surface area (Å²) in [5, 5.41) is 12.8. The number of rotatable bonds is 7. The number of halogens is 2. The molecule has 4 atom stereocenters. The minimum Gasteiger partial charge on any atom is -0.453 e. The molecular weight excluding hydrogens is 378 g/mol. The summed E-state index contributed by atoms with van der Waals surface area (Å²) < 4.78 is 32.1. The SMILES string of the molecule is C[C@H](OC(=O)C[C@H]1C(=O)C[C@@H](C)[C@H]1C[N+](=O)[O-])C(=O)Nc1c(F)cccc1F. The van der Waals surface area contributed by atoms with Crippen molar-refractivity contribution < 1.29 is 32.8 Å². The van der Waals surface area contributed by atoms with Gasteiger partial charge in [0.2, 0.25) is 6.54 Å². The van der Waals surface area contributed by atoms with Gasteiger partial charge in [-0.2, -0.15) is 0 Å². The molecule has 0 radical (unpaired) electrons. The van der Waals surface area contributed by atoms with E-state index in [-0.39, 0.29) is 18.1 Å². The maximum absolute atomic E-state index is 13.6. The van der Waals surface area contributed by atoms with E-state index < -0.39 is 65.0 Å². The zero-order valence-corrected chi connectivity index (χ0v) is 15.3. The van der Waals surface area contributed by atoms with Crippen LogP contribution in [-0.4, -0.2) is 35.2 Å². The van der Waals surface area contributed by atoms with Crippen LogP contribution in [-0.2, 0) is 19.1 Å². The lowest BCUT2D eigenvalue weighted by molar-refractivity contribution is -0.490. The van der Waals surface area contributed by atoms with E-state index in [9.17, 15) is 33.3 Å². The summed E-state index contributed by atoms with van der Waals surface area (Å²) in [4.78, 5) is 46.5. The lowest BCUT2D eigenvalue weighted by Crippen LogP contribution is -2.33. The molecule has 1 aliphatic carbocycles. The Hall–Kier alpha value is -2.91. The lowest BCUT2D eigenvalue weighted by atomic mass is 9.88. The number of hydrogen-bond acceptors (Lipinski definition) is 6. The average molecular weight is 398 g/mol. The molecule has 1 aromatic rings. The Morgan fingerprint density at radius 2 is 1.96 bits per heavy atom. The lowest BCUT2D eigenvalue weighted by Gasteiger charge is -2.19. The highest BCUT2D eigenvalue weighted by atomic mass is 19.1. The molecular formula is C18H20F2N2O6. The molecule has 0 saturated heterocycles. The smallest absolute Gasteiger partial charge is 0.307 e. The van der Waals surface area contributed by atoms with Crippen LogP contribution in [0.4, 0.5) is 14.5 Å². The molecule has 28 heavy (non-hydrogen) atoms. The van der Waals surface area contributed by atoms with Crippen LogP contribution in [0.15, 0.2) is 18.2 Å². The zero-order chi connectivity index (χ0) is 21.0. The van der Waals surface area contributed by atoms with Gasteiger partial charge in [0.25, 0.3) is 5.91 Å². The van der Waals surface area contributed by atoms with Crippen molar-refractivity contribution in [1.29, 1.82) is 0 Å². The minimum absolute atomic E-state index is 0.138. The number of Topliss-reactive ketones (excluding diaryl/α,β-unsaturated/α-hetero) is 1. The number of carbonyl (C=O) groups is 3. The molecule has 0 aromatic heterocycles. The molecule has 10 heteroatoms. The molecule has 152 valence electrons. The van der Waals surface area contributed by atoms with Gasteiger partial charge in [-0.15, -0.1) is 0 Å². The Morgan fingerprint density at radius 1 is 1.36 bits per heavy atom. The Bertz CT molecular complexity index is 780. The largest absolute Gasteiger partial charge is 0.453 e. The topological polar surface area (TPSA) is 116 Å². The Labute approximate surface area is 159 Å². The number of nitrogens with one attached hydrogen (secondary N) is 1. The van der Waals surface area contributed by atoms with Crippen molar-refractivity contribution in [3.8, 4) is 0 Å². The van der Waals surface area contributed by atoms with Crippen molar-refractivity contribution in [3.05, 3.63) is 39.9 Å². The second-order valence-electron chi connectivity index (χ2n) is 6.86.